The Kier molecular flexibility index (Phi) is 6.56. The summed E-state index contributed by atoms with van der Waals surface area (Å²) in [4.78, 5) is 0. The van der Waals surface area contributed by atoms with E-state index in [-0.39, 0.29) is 0 Å². The maximum absolute atomic E-state index is 6.12. The van der Waals surface area contributed by atoms with Crippen molar-refractivity contribution in [2.24, 2.45) is 0 Å². The molecule has 23 heavy (non-hydrogen) atoms. The lowest BCUT2D eigenvalue weighted by atomic mass is 10.1. The van der Waals surface area contributed by atoms with Crippen molar-refractivity contribution in [1.29, 1.82) is 0 Å². The molecular formula is C18H22ClNO3. The molecule has 0 aliphatic carbocycles. The SMILES string of the molecule is COc1cccc(CNCCc2cc(OC)c(Cl)cc2OC)c1. The molecule has 2 aromatic carbocycles. The molecule has 124 valence electrons. The van der Waals surface area contributed by atoms with E-state index in [0.29, 0.717) is 10.8 Å². The number of methoxy groups -OCH3 is 3. The summed E-state index contributed by atoms with van der Waals surface area (Å²) in [7, 11) is 4.93. The third kappa shape index (κ3) is 4.78. The van der Waals surface area contributed by atoms with Crippen LogP contribution in [0, 0.1) is 0 Å². The van der Waals surface area contributed by atoms with Crippen molar-refractivity contribution in [3.05, 3.63) is 52.5 Å². The minimum atomic E-state index is 0.553. The van der Waals surface area contributed by atoms with Gasteiger partial charge in [0.25, 0.3) is 0 Å². The van der Waals surface area contributed by atoms with Crippen LogP contribution in [0.5, 0.6) is 17.2 Å². The van der Waals surface area contributed by atoms with Gasteiger partial charge in [0.05, 0.1) is 26.4 Å². The van der Waals surface area contributed by atoms with Crippen molar-refractivity contribution in [3.8, 4) is 17.2 Å². The minimum Gasteiger partial charge on any atom is -0.497 e. The molecule has 0 aliphatic heterocycles. The van der Waals surface area contributed by atoms with Gasteiger partial charge in [-0.15, -0.1) is 0 Å². The first-order valence-corrected chi connectivity index (χ1v) is 7.79. The number of hydrogen-bond acceptors (Lipinski definition) is 4. The van der Waals surface area contributed by atoms with E-state index in [1.807, 2.05) is 24.3 Å². The largest absolute Gasteiger partial charge is 0.497 e. The van der Waals surface area contributed by atoms with Crippen molar-refractivity contribution in [1.82, 2.24) is 5.32 Å². The molecule has 0 atom stereocenters. The molecule has 0 aromatic heterocycles. The number of hydrogen-bond donors (Lipinski definition) is 1. The zero-order valence-corrected chi connectivity index (χ0v) is 14.4. The van der Waals surface area contributed by atoms with Gasteiger partial charge in [-0.3, -0.25) is 0 Å². The highest BCUT2D eigenvalue weighted by atomic mass is 35.5. The number of halogens is 1. The summed E-state index contributed by atoms with van der Waals surface area (Å²) in [5.74, 6) is 2.31. The van der Waals surface area contributed by atoms with Crippen molar-refractivity contribution in [3.63, 3.8) is 0 Å². The first-order chi connectivity index (χ1) is 11.2. The maximum atomic E-state index is 6.12. The van der Waals surface area contributed by atoms with Gasteiger partial charge in [0.1, 0.15) is 17.2 Å². The van der Waals surface area contributed by atoms with E-state index < -0.39 is 0 Å². The molecule has 2 aromatic rings. The summed E-state index contributed by atoms with van der Waals surface area (Å²) in [5, 5.41) is 3.97. The van der Waals surface area contributed by atoms with Crippen LogP contribution in [0.15, 0.2) is 36.4 Å². The van der Waals surface area contributed by atoms with E-state index >= 15 is 0 Å². The molecule has 0 saturated carbocycles. The van der Waals surface area contributed by atoms with Crippen molar-refractivity contribution >= 4 is 11.6 Å². The van der Waals surface area contributed by atoms with E-state index in [4.69, 9.17) is 25.8 Å². The molecule has 5 heteroatoms. The summed E-state index contributed by atoms with van der Waals surface area (Å²) >= 11 is 6.12. The van der Waals surface area contributed by atoms with E-state index in [1.165, 1.54) is 5.56 Å². The zero-order chi connectivity index (χ0) is 16.7. The molecule has 0 amide bonds. The predicted molar refractivity (Wildman–Crippen MR) is 93.0 cm³/mol. The van der Waals surface area contributed by atoms with Gasteiger partial charge in [-0.2, -0.15) is 0 Å². The molecule has 0 aliphatic rings. The Hall–Kier alpha value is -1.91. The van der Waals surface area contributed by atoms with Crippen LogP contribution in [-0.4, -0.2) is 27.9 Å². The Morgan fingerprint density at radius 3 is 2.43 bits per heavy atom. The lowest BCUT2D eigenvalue weighted by Crippen LogP contribution is -2.17. The summed E-state index contributed by atoms with van der Waals surface area (Å²) in [6, 6.07) is 11.7. The summed E-state index contributed by atoms with van der Waals surface area (Å²) in [6.07, 6.45) is 0.820. The smallest absolute Gasteiger partial charge is 0.137 e. The second kappa shape index (κ2) is 8.65. The Bertz CT molecular complexity index is 646. The lowest BCUT2D eigenvalue weighted by Gasteiger charge is -2.12. The molecule has 2 rings (SSSR count). The molecular weight excluding hydrogens is 314 g/mol. The van der Waals surface area contributed by atoms with Crippen molar-refractivity contribution in [2.75, 3.05) is 27.9 Å². The number of ether oxygens (including phenoxy) is 3. The van der Waals surface area contributed by atoms with Gasteiger partial charge in [0.15, 0.2) is 0 Å². The zero-order valence-electron chi connectivity index (χ0n) is 13.7. The normalized spacial score (nSPS) is 10.4. The highest BCUT2D eigenvalue weighted by Crippen LogP contribution is 2.32. The van der Waals surface area contributed by atoms with Crippen molar-refractivity contribution in [2.45, 2.75) is 13.0 Å². The highest BCUT2D eigenvalue weighted by Gasteiger charge is 2.09. The van der Waals surface area contributed by atoms with Crippen LogP contribution in [0.3, 0.4) is 0 Å². The van der Waals surface area contributed by atoms with Crippen molar-refractivity contribution < 1.29 is 14.2 Å². The first kappa shape index (κ1) is 17.4. The number of rotatable bonds is 8. The van der Waals surface area contributed by atoms with Crippen LogP contribution < -0.4 is 19.5 Å². The molecule has 0 heterocycles. The predicted octanol–water partition coefficient (Wildman–Crippen LogP) is 3.70. The highest BCUT2D eigenvalue weighted by molar-refractivity contribution is 6.32. The van der Waals surface area contributed by atoms with Crippen LogP contribution in [0.4, 0.5) is 0 Å². The van der Waals surface area contributed by atoms with Gasteiger partial charge < -0.3 is 19.5 Å². The standard InChI is InChI=1S/C18H22ClNO3/c1-21-15-6-4-5-13(9-15)12-20-8-7-14-10-18(23-3)16(19)11-17(14)22-2/h4-6,9-11,20H,7-8,12H2,1-3H3. The van der Waals surface area contributed by atoms with Gasteiger partial charge in [-0.05, 0) is 42.3 Å². The van der Waals surface area contributed by atoms with Crippen LogP contribution >= 0.6 is 11.6 Å². The fourth-order valence-electron chi connectivity index (χ4n) is 2.36. The molecule has 0 spiro atoms. The number of benzene rings is 2. The van der Waals surface area contributed by atoms with E-state index in [9.17, 15) is 0 Å². The average molecular weight is 336 g/mol. The summed E-state index contributed by atoms with van der Waals surface area (Å²) in [5.41, 5.74) is 2.25. The van der Waals surface area contributed by atoms with Crippen LogP contribution in [0.25, 0.3) is 0 Å². The molecule has 1 N–H and O–H groups in total. The summed E-state index contributed by atoms with van der Waals surface area (Å²) < 4.78 is 15.9. The molecule has 0 unspecified atom stereocenters. The van der Waals surface area contributed by atoms with E-state index in [0.717, 1.165) is 36.6 Å². The van der Waals surface area contributed by atoms with Crippen LogP contribution in [-0.2, 0) is 13.0 Å². The topological polar surface area (TPSA) is 39.7 Å². The third-order valence-electron chi connectivity index (χ3n) is 3.59. The average Bonchev–Trinajstić information content (AvgIpc) is 2.59. The van der Waals surface area contributed by atoms with Crippen LogP contribution in [0.2, 0.25) is 5.02 Å². The Morgan fingerprint density at radius 1 is 0.957 bits per heavy atom. The fourth-order valence-corrected chi connectivity index (χ4v) is 2.59. The van der Waals surface area contributed by atoms with Gasteiger partial charge in [-0.1, -0.05) is 23.7 Å². The lowest BCUT2D eigenvalue weighted by molar-refractivity contribution is 0.398. The molecule has 0 saturated heterocycles. The van der Waals surface area contributed by atoms with E-state index in [2.05, 4.69) is 11.4 Å². The third-order valence-corrected chi connectivity index (χ3v) is 3.88. The Labute approximate surface area is 142 Å². The van der Waals surface area contributed by atoms with Gasteiger partial charge in [0.2, 0.25) is 0 Å². The van der Waals surface area contributed by atoms with Gasteiger partial charge in [0, 0.05) is 12.6 Å². The second-order valence-electron chi connectivity index (χ2n) is 5.08. The van der Waals surface area contributed by atoms with Gasteiger partial charge in [-0.25, -0.2) is 0 Å². The monoisotopic (exact) mass is 335 g/mol. The fraction of sp³-hybridized carbons (Fsp3) is 0.333. The molecule has 0 bridgehead atoms. The van der Waals surface area contributed by atoms with Gasteiger partial charge >= 0.3 is 0 Å². The quantitative estimate of drug-likeness (QED) is 0.747. The molecule has 4 nitrogen and oxygen atoms in total. The first-order valence-electron chi connectivity index (χ1n) is 7.42. The number of nitrogens with one attached hydrogen (secondary N) is 1. The Morgan fingerprint density at radius 2 is 1.74 bits per heavy atom. The summed E-state index contributed by atoms with van der Waals surface area (Å²) in [6.45, 7) is 1.60. The van der Waals surface area contributed by atoms with Crippen LogP contribution in [0.1, 0.15) is 11.1 Å². The maximum Gasteiger partial charge on any atom is 0.137 e. The Balaban J connectivity index is 1.93. The second-order valence-corrected chi connectivity index (χ2v) is 5.48. The molecule has 0 fully saturated rings. The molecule has 0 radical (unpaired) electrons. The minimum absolute atomic E-state index is 0.553. The van der Waals surface area contributed by atoms with E-state index in [1.54, 1.807) is 27.4 Å².